The van der Waals surface area contributed by atoms with Crippen LogP contribution in [0.15, 0.2) is 47.4 Å². The first-order chi connectivity index (χ1) is 14.2. The average Bonchev–Trinajstić information content (AvgIpc) is 2.74. The van der Waals surface area contributed by atoms with Crippen LogP contribution in [-0.2, 0) is 21.4 Å². The molecule has 0 unspecified atom stereocenters. The van der Waals surface area contributed by atoms with Crippen molar-refractivity contribution in [1.29, 1.82) is 0 Å². The van der Waals surface area contributed by atoms with Gasteiger partial charge in [-0.05, 0) is 56.5 Å². The smallest absolute Gasteiger partial charge is 0.243 e. The molecule has 1 atom stereocenters. The lowest BCUT2D eigenvalue weighted by Gasteiger charge is -2.36. The van der Waals surface area contributed by atoms with Crippen LogP contribution < -0.4 is 5.32 Å². The van der Waals surface area contributed by atoms with Crippen molar-refractivity contribution in [3.8, 4) is 0 Å². The first kappa shape index (κ1) is 22.5. The van der Waals surface area contributed by atoms with E-state index < -0.39 is 10.0 Å². The summed E-state index contributed by atoms with van der Waals surface area (Å²) in [7, 11) is -3.51. The molecule has 1 aliphatic rings. The minimum atomic E-state index is -3.51. The van der Waals surface area contributed by atoms with Gasteiger partial charge in [-0.15, -0.1) is 0 Å². The van der Waals surface area contributed by atoms with Gasteiger partial charge in [-0.2, -0.15) is 4.31 Å². The van der Waals surface area contributed by atoms with Crippen LogP contribution in [0.2, 0.25) is 0 Å². The second-order valence-electron chi connectivity index (χ2n) is 8.07. The number of benzene rings is 2. The molecule has 1 N–H and O–H groups in total. The lowest BCUT2D eigenvalue weighted by Crippen LogP contribution is -2.54. The van der Waals surface area contributed by atoms with Crippen LogP contribution in [0.25, 0.3) is 0 Å². The maximum atomic E-state index is 13.0. The third-order valence-corrected chi connectivity index (χ3v) is 7.80. The van der Waals surface area contributed by atoms with Gasteiger partial charge in [0.1, 0.15) is 0 Å². The summed E-state index contributed by atoms with van der Waals surface area (Å²) in [5, 5.41) is 2.98. The van der Waals surface area contributed by atoms with E-state index in [4.69, 9.17) is 0 Å². The molecule has 0 aliphatic carbocycles. The number of amides is 1. The molecule has 6 nitrogen and oxygen atoms in total. The summed E-state index contributed by atoms with van der Waals surface area (Å²) < 4.78 is 27.5. The van der Waals surface area contributed by atoms with Gasteiger partial charge in [0, 0.05) is 32.7 Å². The Balaban J connectivity index is 1.55. The Morgan fingerprint density at radius 2 is 1.60 bits per heavy atom. The van der Waals surface area contributed by atoms with E-state index in [1.54, 1.807) is 12.1 Å². The fourth-order valence-corrected chi connectivity index (χ4v) is 5.07. The molecule has 0 saturated carbocycles. The van der Waals surface area contributed by atoms with E-state index in [1.807, 2.05) is 62.9 Å². The van der Waals surface area contributed by atoms with Gasteiger partial charge in [0.25, 0.3) is 0 Å². The molecule has 0 spiro atoms. The van der Waals surface area contributed by atoms with Gasteiger partial charge in [0.15, 0.2) is 0 Å². The van der Waals surface area contributed by atoms with Crippen LogP contribution in [0.5, 0.6) is 0 Å². The number of sulfonamides is 1. The molecule has 1 fully saturated rings. The molecule has 1 aliphatic heterocycles. The number of nitrogens with zero attached hydrogens (tertiary/aromatic N) is 2. The van der Waals surface area contributed by atoms with Crippen molar-refractivity contribution in [1.82, 2.24) is 14.5 Å². The zero-order valence-electron chi connectivity index (χ0n) is 18.2. The van der Waals surface area contributed by atoms with E-state index in [-0.39, 0.29) is 11.9 Å². The number of aryl methyl sites for hydroxylation is 3. The topological polar surface area (TPSA) is 69.7 Å². The zero-order chi connectivity index (χ0) is 21.9. The predicted octanol–water partition coefficient (Wildman–Crippen LogP) is 2.62. The number of hydrogen-bond acceptors (Lipinski definition) is 4. The number of rotatable bonds is 6. The Morgan fingerprint density at radius 1 is 0.967 bits per heavy atom. The van der Waals surface area contributed by atoms with Gasteiger partial charge < -0.3 is 5.32 Å². The Morgan fingerprint density at radius 3 is 2.20 bits per heavy atom. The van der Waals surface area contributed by atoms with Gasteiger partial charge >= 0.3 is 0 Å². The summed E-state index contributed by atoms with van der Waals surface area (Å²) in [5.41, 5.74) is 4.29. The molecule has 3 rings (SSSR count). The molecule has 0 radical (unpaired) electrons. The number of carbonyl (C=O) groups excluding carboxylic acids is 1. The number of carbonyl (C=O) groups is 1. The minimum Gasteiger partial charge on any atom is -0.351 e. The van der Waals surface area contributed by atoms with Crippen molar-refractivity contribution in [3.05, 3.63) is 64.7 Å². The van der Waals surface area contributed by atoms with Crippen molar-refractivity contribution in [3.63, 3.8) is 0 Å². The molecule has 162 valence electrons. The summed E-state index contributed by atoms with van der Waals surface area (Å²) in [6.45, 7) is 10.1. The fourth-order valence-electron chi connectivity index (χ4n) is 3.56. The molecule has 1 heterocycles. The van der Waals surface area contributed by atoms with Gasteiger partial charge in [-0.25, -0.2) is 8.42 Å². The van der Waals surface area contributed by atoms with Gasteiger partial charge in [-0.3, -0.25) is 9.69 Å². The Hall–Kier alpha value is -2.22. The van der Waals surface area contributed by atoms with Crippen LogP contribution >= 0.6 is 0 Å². The maximum absolute atomic E-state index is 13.0. The zero-order valence-corrected chi connectivity index (χ0v) is 19.0. The van der Waals surface area contributed by atoms with Gasteiger partial charge in [0.05, 0.1) is 10.9 Å². The summed E-state index contributed by atoms with van der Waals surface area (Å²) in [4.78, 5) is 14.9. The van der Waals surface area contributed by atoms with Crippen LogP contribution in [0, 0.1) is 20.8 Å². The molecule has 2 aromatic rings. The largest absolute Gasteiger partial charge is 0.351 e. The molecule has 7 heteroatoms. The third-order valence-electron chi connectivity index (χ3n) is 5.90. The normalized spacial score (nSPS) is 16.9. The molecule has 1 saturated heterocycles. The van der Waals surface area contributed by atoms with Crippen molar-refractivity contribution in [2.24, 2.45) is 0 Å². The number of hydrogen-bond donors (Lipinski definition) is 1. The molecule has 1 amide bonds. The van der Waals surface area contributed by atoms with E-state index in [2.05, 4.69) is 5.32 Å². The lowest BCUT2D eigenvalue weighted by atomic mass is 10.1. The van der Waals surface area contributed by atoms with Crippen LogP contribution in [0.4, 0.5) is 0 Å². The molecule has 30 heavy (non-hydrogen) atoms. The molecule has 2 aromatic carbocycles. The van der Waals surface area contributed by atoms with Crippen molar-refractivity contribution in [2.45, 2.75) is 45.2 Å². The molecule has 0 bridgehead atoms. The SMILES string of the molecule is Cc1ccc(CNC(=O)[C@@H](C)N2CCN(S(=O)(=O)c3ccc(C)c(C)c3)CC2)cc1. The average molecular weight is 430 g/mol. The Labute approximate surface area is 179 Å². The van der Waals surface area contributed by atoms with Crippen molar-refractivity contribution >= 4 is 15.9 Å². The highest BCUT2D eigenvalue weighted by Crippen LogP contribution is 2.21. The first-order valence-corrected chi connectivity index (χ1v) is 11.8. The summed E-state index contributed by atoms with van der Waals surface area (Å²) in [6, 6.07) is 13.0. The first-order valence-electron chi connectivity index (χ1n) is 10.3. The monoisotopic (exact) mass is 429 g/mol. The van der Waals surface area contributed by atoms with E-state index in [9.17, 15) is 13.2 Å². The van der Waals surface area contributed by atoms with Crippen LogP contribution in [0.1, 0.15) is 29.2 Å². The standard InChI is InChI=1S/C23H31N3O3S/c1-17-5-8-21(9-6-17)16-24-23(27)20(4)25-11-13-26(14-12-25)30(28,29)22-10-7-18(2)19(3)15-22/h5-10,15,20H,11-14,16H2,1-4H3,(H,24,27)/t20-/m1/s1. The van der Waals surface area contributed by atoms with E-state index in [0.717, 1.165) is 16.7 Å². The van der Waals surface area contributed by atoms with Crippen LogP contribution in [0.3, 0.4) is 0 Å². The number of piperazine rings is 1. The van der Waals surface area contributed by atoms with Crippen LogP contribution in [-0.4, -0.2) is 55.8 Å². The lowest BCUT2D eigenvalue weighted by molar-refractivity contribution is -0.126. The summed E-state index contributed by atoms with van der Waals surface area (Å²) in [5.74, 6) is -0.0407. The quantitative estimate of drug-likeness (QED) is 0.766. The van der Waals surface area contributed by atoms with E-state index in [1.165, 1.54) is 9.87 Å². The third kappa shape index (κ3) is 5.09. The van der Waals surface area contributed by atoms with Gasteiger partial charge in [-0.1, -0.05) is 35.9 Å². The second kappa shape index (κ2) is 9.29. The Bertz CT molecular complexity index is 995. The van der Waals surface area contributed by atoms with E-state index in [0.29, 0.717) is 37.6 Å². The fraction of sp³-hybridized carbons (Fsp3) is 0.435. The van der Waals surface area contributed by atoms with E-state index >= 15 is 0 Å². The molecule has 0 aromatic heterocycles. The predicted molar refractivity (Wildman–Crippen MR) is 119 cm³/mol. The van der Waals surface area contributed by atoms with Gasteiger partial charge in [0.2, 0.25) is 15.9 Å². The molecular formula is C23H31N3O3S. The number of nitrogens with one attached hydrogen (secondary N) is 1. The molecular weight excluding hydrogens is 398 g/mol. The van der Waals surface area contributed by atoms with Crippen molar-refractivity contribution in [2.75, 3.05) is 26.2 Å². The highest BCUT2D eigenvalue weighted by atomic mass is 32.2. The summed E-state index contributed by atoms with van der Waals surface area (Å²) >= 11 is 0. The highest BCUT2D eigenvalue weighted by Gasteiger charge is 2.31. The summed E-state index contributed by atoms with van der Waals surface area (Å²) in [6.07, 6.45) is 0. The highest BCUT2D eigenvalue weighted by molar-refractivity contribution is 7.89. The maximum Gasteiger partial charge on any atom is 0.243 e. The Kier molecular flexibility index (Phi) is 6.95. The second-order valence-corrected chi connectivity index (χ2v) is 10.0. The minimum absolute atomic E-state index is 0.0407. The van der Waals surface area contributed by atoms with Crippen molar-refractivity contribution < 1.29 is 13.2 Å².